The maximum atomic E-state index is 10.9. The van der Waals surface area contributed by atoms with Crippen LogP contribution in [0.15, 0.2) is 0 Å². The Hall–Kier alpha value is -0.370. The number of aldehydes is 1. The van der Waals surface area contributed by atoms with Crippen LogP contribution in [0.5, 0.6) is 0 Å². The molecule has 0 aromatic rings. The highest BCUT2D eigenvalue weighted by atomic mass is 16.3. The minimum Gasteiger partial charge on any atom is -0.390 e. The van der Waals surface area contributed by atoms with Crippen LogP contribution in [-0.4, -0.2) is 17.0 Å². The predicted octanol–water partition coefficient (Wildman–Crippen LogP) is 2.15. The molecule has 0 unspecified atom stereocenters. The van der Waals surface area contributed by atoms with Crippen LogP contribution in [0, 0.1) is 11.3 Å². The second-order valence-electron chi connectivity index (χ2n) is 5.09. The summed E-state index contributed by atoms with van der Waals surface area (Å²) in [5, 5.41) is 10.1. The third-order valence-corrected chi connectivity index (χ3v) is 3.38. The van der Waals surface area contributed by atoms with E-state index in [9.17, 15) is 9.90 Å². The second kappa shape index (κ2) is 3.41. The Morgan fingerprint density at radius 2 is 2.08 bits per heavy atom. The zero-order chi connectivity index (χ0) is 10.1. The topological polar surface area (TPSA) is 37.3 Å². The summed E-state index contributed by atoms with van der Waals surface area (Å²) in [4.78, 5) is 10.9. The normalized spacial score (nSPS) is 35.8. The Balaban J connectivity index is 2.82. The molecule has 0 spiro atoms. The second-order valence-corrected chi connectivity index (χ2v) is 5.09. The lowest BCUT2D eigenvalue weighted by Gasteiger charge is -2.43. The van der Waals surface area contributed by atoms with Crippen molar-refractivity contribution in [1.29, 1.82) is 0 Å². The zero-order valence-corrected chi connectivity index (χ0v) is 8.84. The fraction of sp³-hybridized carbons (Fsp3) is 0.909. The molecule has 1 aliphatic carbocycles. The Morgan fingerprint density at radius 3 is 2.54 bits per heavy atom. The lowest BCUT2D eigenvalue weighted by Crippen LogP contribution is -2.46. The van der Waals surface area contributed by atoms with Gasteiger partial charge in [0.2, 0.25) is 0 Å². The summed E-state index contributed by atoms with van der Waals surface area (Å²) in [5.74, 6) is 0.117. The van der Waals surface area contributed by atoms with Crippen molar-refractivity contribution in [1.82, 2.24) is 0 Å². The highest BCUT2D eigenvalue weighted by molar-refractivity contribution is 5.59. The van der Waals surface area contributed by atoms with Crippen molar-refractivity contribution in [3.8, 4) is 0 Å². The average Bonchev–Trinajstić information content (AvgIpc) is 2.03. The van der Waals surface area contributed by atoms with E-state index in [0.717, 1.165) is 32.0 Å². The molecule has 0 aliphatic heterocycles. The first-order valence-electron chi connectivity index (χ1n) is 5.09. The van der Waals surface area contributed by atoms with Crippen molar-refractivity contribution in [2.45, 2.75) is 52.1 Å². The Morgan fingerprint density at radius 1 is 1.46 bits per heavy atom. The molecular formula is C11H20O2. The van der Waals surface area contributed by atoms with E-state index in [2.05, 4.69) is 0 Å². The fourth-order valence-electron chi connectivity index (χ4n) is 2.57. The third-order valence-electron chi connectivity index (χ3n) is 3.38. The van der Waals surface area contributed by atoms with Crippen molar-refractivity contribution < 1.29 is 9.90 Å². The summed E-state index contributed by atoms with van der Waals surface area (Å²) in [6.07, 6.45) is 5.00. The molecule has 1 fully saturated rings. The van der Waals surface area contributed by atoms with Gasteiger partial charge in [0, 0.05) is 5.41 Å². The number of hydrogen-bond donors (Lipinski definition) is 1. The summed E-state index contributed by atoms with van der Waals surface area (Å²) >= 11 is 0. The SMILES string of the molecule is CC(C)(C=O)[C@H]1CCCC[C@]1(C)O. The molecule has 0 saturated heterocycles. The van der Waals surface area contributed by atoms with E-state index in [1.165, 1.54) is 0 Å². The van der Waals surface area contributed by atoms with E-state index in [1.54, 1.807) is 0 Å². The largest absolute Gasteiger partial charge is 0.390 e. The maximum absolute atomic E-state index is 10.9. The Kier molecular flexibility index (Phi) is 2.81. The summed E-state index contributed by atoms with van der Waals surface area (Å²) in [5.41, 5.74) is -1.04. The van der Waals surface area contributed by atoms with Crippen LogP contribution in [0.1, 0.15) is 46.5 Å². The molecule has 1 rings (SSSR count). The van der Waals surface area contributed by atoms with Crippen molar-refractivity contribution in [2.75, 3.05) is 0 Å². The molecular weight excluding hydrogens is 164 g/mol. The number of rotatable bonds is 2. The molecule has 2 atom stereocenters. The van der Waals surface area contributed by atoms with E-state index >= 15 is 0 Å². The maximum Gasteiger partial charge on any atom is 0.125 e. The van der Waals surface area contributed by atoms with E-state index in [1.807, 2.05) is 20.8 Å². The van der Waals surface area contributed by atoms with Gasteiger partial charge in [-0.05, 0) is 25.7 Å². The Labute approximate surface area is 80.3 Å². The first-order valence-corrected chi connectivity index (χ1v) is 5.09. The number of hydrogen-bond acceptors (Lipinski definition) is 2. The van der Waals surface area contributed by atoms with E-state index < -0.39 is 5.60 Å². The molecule has 13 heavy (non-hydrogen) atoms. The van der Waals surface area contributed by atoms with Crippen molar-refractivity contribution in [3.63, 3.8) is 0 Å². The Bertz CT molecular complexity index is 194. The molecule has 0 amide bonds. The first kappa shape index (κ1) is 10.7. The summed E-state index contributed by atoms with van der Waals surface area (Å²) in [7, 11) is 0. The van der Waals surface area contributed by atoms with Gasteiger partial charge in [0.1, 0.15) is 6.29 Å². The smallest absolute Gasteiger partial charge is 0.125 e. The predicted molar refractivity (Wildman–Crippen MR) is 52.4 cm³/mol. The first-order chi connectivity index (χ1) is 5.90. The lowest BCUT2D eigenvalue weighted by atomic mass is 9.64. The van der Waals surface area contributed by atoms with Crippen LogP contribution in [0.25, 0.3) is 0 Å². The molecule has 2 heteroatoms. The fourth-order valence-corrected chi connectivity index (χ4v) is 2.57. The van der Waals surface area contributed by atoms with Crippen LogP contribution in [0.4, 0.5) is 0 Å². The molecule has 0 radical (unpaired) electrons. The molecule has 0 bridgehead atoms. The highest BCUT2D eigenvalue weighted by Crippen LogP contribution is 2.43. The van der Waals surface area contributed by atoms with Crippen LogP contribution < -0.4 is 0 Å². The number of carbonyl (C=O) groups excluding carboxylic acids is 1. The molecule has 2 nitrogen and oxygen atoms in total. The van der Waals surface area contributed by atoms with Gasteiger partial charge < -0.3 is 9.90 Å². The van der Waals surface area contributed by atoms with Gasteiger partial charge in [0.15, 0.2) is 0 Å². The number of carbonyl (C=O) groups is 1. The standard InChI is InChI=1S/C11H20O2/c1-10(2,8-12)9-6-4-5-7-11(9,3)13/h8-9,13H,4-7H2,1-3H3/t9-,11+/m1/s1. The van der Waals surface area contributed by atoms with E-state index in [4.69, 9.17) is 0 Å². The quantitative estimate of drug-likeness (QED) is 0.668. The van der Waals surface area contributed by atoms with E-state index in [0.29, 0.717) is 0 Å². The molecule has 1 saturated carbocycles. The molecule has 1 aliphatic rings. The summed E-state index contributed by atoms with van der Waals surface area (Å²) in [6.45, 7) is 5.71. The molecule has 0 aromatic heterocycles. The van der Waals surface area contributed by atoms with Crippen LogP contribution in [-0.2, 0) is 4.79 Å². The molecule has 0 heterocycles. The van der Waals surface area contributed by atoms with E-state index in [-0.39, 0.29) is 11.3 Å². The third kappa shape index (κ3) is 2.11. The van der Waals surface area contributed by atoms with Gasteiger partial charge in [-0.25, -0.2) is 0 Å². The van der Waals surface area contributed by atoms with Gasteiger partial charge in [-0.15, -0.1) is 0 Å². The van der Waals surface area contributed by atoms with Gasteiger partial charge >= 0.3 is 0 Å². The number of aliphatic hydroxyl groups is 1. The van der Waals surface area contributed by atoms with Crippen LogP contribution in [0.2, 0.25) is 0 Å². The minimum absolute atomic E-state index is 0.117. The zero-order valence-electron chi connectivity index (χ0n) is 8.84. The molecule has 76 valence electrons. The molecule has 1 N–H and O–H groups in total. The average molecular weight is 184 g/mol. The van der Waals surface area contributed by atoms with Crippen LogP contribution >= 0.6 is 0 Å². The van der Waals surface area contributed by atoms with Crippen molar-refractivity contribution in [2.24, 2.45) is 11.3 Å². The van der Waals surface area contributed by atoms with Gasteiger partial charge in [-0.1, -0.05) is 26.7 Å². The van der Waals surface area contributed by atoms with Gasteiger partial charge in [-0.2, -0.15) is 0 Å². The minimum atomic E-state index is -0.650. The summed E-state index contributed by atoms with van der Waals surface area (Å²) in [6, 6.07) is 0. The van der Waals surface area contributed by atoms with Crippen molar-refractivity contribution >= 4 is 6.29 Å². The monoisotopic (exact) mass is 184 g/mol. The van der Waals surface area contributed by atoms with Gasteiger partial charge in [0.05, 0.1) is 5.60 Å². The van der Waals surface area contributed by atoms with Crippen LogP contribution in [0.3, 0.4) is 0 Å². The van der Waals surface area contributed by atoms with Gasteiger partial charge in [-0.3, -0.25) is 0 Å². The van der Waals surface area contributed by atoms with Gasteiger partial charge in [0.25, 0.3) is 0 Å². The van der Waals surface area contributed by atoms with Crippen molar-refractivity contribution in [3.05, 3.63) is 0 Å². The summed E-state index contributed by atoms with van der Waals surface area (Å²) < 4.78 is 0. The highest BCUT2D eigenvalue weighted by Gasteiger charge is 2.43. The molecule has 0 aromatic carbocycles. The lowest BCUT2D eigenvalue weighted by molar-refractivity contribution is -0.129.